The second-order valence-electron chi connectivity index (χ2n) is 5.71. The highest BCUT2D eigenvalue weighted by Gasteiger charge is 2.27. The van der Waals surface area contributed by atoms with Gasteiger partial charge in [-0.15, -0.1) is 0 Å². The van der Waals surface area contributed by atoms with Crippen molar-refractivity contribution in [3.05, 3.63) is 88.5 Å². The molecule has 0 bridgehead atoms. The molecule has 2 nitrogen and oxygen atoms in total. The van der Waals surface area contributed by atoms with Gasteiger partial charge in [0.1, 0.15) is 0 Å². The summed E-state index contributed by atoms with van der Waals surface area (Å²) in [5.74, 6) is -4.80. The molecule has 0 heterocycles. The summed E-state index contributed by atoms with van der Waals surface area (Å²) in [4.78, 5) is 11.9. The summed E-state index contributed by atoms with van der Waals surface area (Å²) in [5, 5.41) is 0. The standard InChI is InChI=1S/C20H16F4O2/c1-12-3-7-14(8-4-12)11-16(21)20(25)26-18(17(22)19(23)24)15-9-5-13(2)6-10-15/h3-11,18H,1-2H3/b16-11-. The van der Waals surface area contributed by atoms with Crippen molar-refractivity contribution in [3.8, 4) is 0 Å². The molecule has 0 fully saturated rings. The summed E-state index contributed by atoms with van der Waals surface area (Å²) < 4.78 is 57.9. The number of carbonyl (C=O) groups is 1. The van der Waals surface area contributed by atoms with Gasteiger partial charge in [0.15, 0.2) is 6.10 Å². The normalized spacial score (nSPS) is 12.5. The van der Waals surface area contributed by atoms with Gasteiger partial charge in [-0.1, -0.05) is 59.7 Å². The van der Waals surface area contributed by atoms with Gasteiger partial charge in [0.05, 0.1) is 0 Å². The fourth-order valence-electron chi connectivity index (χ4n) is 2.14. The Bertz CT molecular complexity index is 833. The molecular formula is C20H16F4O2. The first-order chi connectivity index (χ1) is 12.3. The number of rotatable bonds is 5. The molecule has 136 valence electrons. The third-order valence-corrected chi connectivity index (χ3v) is 3.58. The SMILES string of the molecule is Cc1ccc(/C=C(\F)C(=O)OC(C(F)=C(F)F)c2ccc(C)cc2)cc1. The summed E-state index contributed by atoms with van der Waals surface area (Å²) >= 11 is 0. The summed E-state index contributed by atoms with van der Waals surface area (Å²) in [6.07, 6.45) is -3.77. The van der Waals surface area contributed by atoms with Crippen LogP contribution in [0, 0.1) is 13.8 Å². The number of aryl methyl sites for hydroxylation is 2. The van der Waals surface area contributed by atoms with Gasteiger partial charge in [-0.3, -0.25) is 0 Å². The number of carbonyl (C=O) groups excluding carboxylic acids is 1. The van der Waals surface area contributed by atoms with Crippen LogP contribution in [-0.2, 0) is 9.53 Å². The first-order valence-corrected chi connectivity index (χ1v) is 7.70. The van der Waals surface area contributed by atoms with Crippen molar-refractivity contribution in [3.63, 3.8) is 0 Å². The number of ether oxygens (including phenoxy) is 1. The fraction of sp³-hybridized carbons (Fsp3) is 0.150. The summed E-state index contributed by atoms with van der Waals surface area (Å²) in [5.41, 5.74) is 2.09. The van der Waals surface area contributed by atoms with Crippen molar-refractivity contribution in [2.45, 2.75) is 20.0 Å². The Kier molecular flexibility index (Phi) is 6.33. The number of hydrogen-bond donors (Lipinski definition) is 0. The predicted molar refractivity (Wildman–Crippen MR) is 90.6 cm³/mol. The van der Waals surface area contributed by atoms with E-state index >= 15 is 0 Å². The van der Waals surface area contributed by atoms with Crippen LogP contribution in [0.3, 0.4) is 0 Å². The van der Waals surface area contributed by atoms with Crippen LogP contribution in [0.2, 0.25) is 0 Å². The van der Waals surface area contributed by atoms with Gasteiger partial charge in [-0.2, -0.15) is 13.2 Å². The van der Waals surface area contributed by atoms with Crippen molar-refractivity contribution >= 4 is 12.0 Å². The molecule has 0 N–H and O–H groups in total. The third-order valence-electron chi connectivity index (χ3n) is 3.58. The van der Waals surface area contributed by atoms with Gasteiger partial charge in [0.2, 0.25) is 11.7 Å². The fourth-order valence-corrected chi connectivity index (χ4v) is 2.14. The van der Waals surface area contributed by atoms with E-state index in [0.29, 0.717) is 5.56 Å². The monoisotopic (exact) mass is 364 g/mol. The highest BCUT2D eigenvalue weighted by Crippen LogP contribution is 2.31. The Balaban J connectivity index is 2.26. The average Bonchev–Trinajstić information content (AvgIpc) is 2.61. The number of benzene rings is 2. The van der Waals surface area contributed by atoms with Crippen LogP contribution in [0.1, 0.15) is 28.4 Å². The zero-order valence-electron chi connectivity index (χ0n) is 14.1. The molecule has 0 amide bonds. The van der Waals surface area contributed by atoms with Crippen molar-refractivity contribution < 1.29 is 27.1 Å². The van der Waals surface area contributed by atoms with E-state index in [2.05, 4.69) is 4.74 Å². The summed E-state index contributed by atoms with van der Waals surface area (Å²) in [6.45, 7) is 3.58. The van der Waals surface area contributed by atoms with E-state index in [1.807, 2.05) is 6.92 Å². The van der Waals surface area contributed by atoms with Crippen LogP contribution >= 0.6 is 0 Å². The topological polar surface area (TPSA) is 26.3 Å². The van der Waals surface area contributed by atoms with Crippen molar-refractivity contribution in [1.29, 1.82) is 0 Å². The number of esters is 1. The van der Waals surface area contributed by atoms with E-state index in [-0.39, 0.29) is 5.56 Å². The molecule has 2 aromatic rings. The molecule has 0 aliphatic carbocycles. The highest BCUT2D eigenvalue weighted by molar-refractivity contribution is 5.91. The number of hydrogen-bond acceptors (Lipinski definition) is 2. The highest BCUT2D eigenvalue weighted by atomic mass is 19.3. The molecular weight excluding hydrogens is 348 g/mol. The Hall–Kier alpha value is -2.89. The lowest BCUT2D eigenvalue weighted by Crippen LogP contribution is -2.13. The van der Waals surface area contributed by atoms with Crippen LogP contribution in [0.4, 0.5) is 17.6 Å². The summed E-state index contributed by atoms with van der Waals surface area (Å²) in [7, 11) is 0. The van der Waals surface area contributed by atoms with Gasteiger partial charge in [-0.05, 0) is 31.1 Å². The molecule has 1 unspecified atom stereocenters. The van der Waals surface area contributed by atoms with Crippen molar-refractivity contribution in [2.75, 3.05) is 0 Å². The molecule has 0 radical (unpaired) electrons. The molecule has 0 spiro atoms. The van der Waals surface area contributed by atoms with Crippen LogP contribution < -0.4 is 0 Å². The van der Waals surface area contributed by atoms with Crippen LogP contribution in [0.25, 0.3) is 6.08 Å². The van der Waals surface area contributed by atoms with E-state index in [1.165, 1.54) is 24.3 Å². The minimum Gasteiger partial charge on any atom is -0.445 e. The minimum absolute atomic E-state index is 0.0302. The maximum atomic E-state index is 14.0. The quantitative estimate of drug-likeness (QED) is 0.371. The van der Waals surface area contributed by atoms with Gasteiger partial charge >= 0.3 is 12.0 Å². The Morgan fingerprint density at radius 2 is 1.38 bits per heavy atom. The maximum Gasteiger partial charge on any atom is 0.368 e. The molecule has 0 saturated heterocycles. The van der Waals surface area contributed by atoms with Gasteiger partial charge < -0.3 is 4.74 Å². The van der Waals surface area contributed by atoms with E-state index < -0.39 is 29.8 Å². The molecule has 0 saturated carbocycles. The van der Waals surface area contributed by atoms with Crippen molar-refractivity contribution in [1.82, 2.24) is 0 Å². The molecule has 2 rings (SSSR count). The predicted octanol–water partition coefficient (Wildman–Crippen LogP) is 5.98. The lowest BCUT2D eigenvalue weighted by atomic mass is 10.1. The van der Waals surface area contributed by atoms with Crippen LogP contribution in [0.5, 0.6) is 0 Å². The van der Waals surface area contributed by atoms with E-state index in [4.69, 9.17) is 0 Å². The largest absolute Gasteiger partial charge is 0.445 e. The molecule has 0 aromatic heterocycles. The van der Waals surface area contributed by atoms with Gasteiger partial charge in [0.25, 0.3) is 0 Å². The smallest absolute Gasteiger partial charge is 0.368 e. The lowest BCUT2D eigenvalue weighted by Gasteiger charge is -2.16. The second-order valence-corrected chi connectivity index (χ2v) is 5.71. The lowest BCUT2D eigenvalue weighted by molar-refractivity contribution is -0.145. The Labute approximate surface area is 148 Å². The maximum absolute atomic E-state index is 14.0. The summed E-state index contributed by atoms with van der Waals surface area (Å²) in [6, 6.07) is 12.3. The van der Waals surface area contributed by atoms with Gasteiger partial charge in [0, 0.05) is 0 Å². The Morgan fingerprint density at radius 3 is 1.88 bits per heavy atom. The molecule has 26 heavy (non-hydrogen) atoms. The van der Waals surface area contributed by atoms with E-state index in [0.717, 1.165) is 17.2 Å². The van der Waals surface area contributed by atoms with E-state index in [9.17, 15) is 22.4 Å². The minimum atomic E-state index is -2.63. The first kappa shape index (κ1) is 19.4. The number of halogens is 4. The molecule has 0 aliphatic rings. The third kappa shape index (κ3) is 5.05. The Morgan fingerprint density at radius 1 is 0.885 bits per heavy atom. The zero-order chi connectivity index (χ0) is 19.3. The van der Waals surface area contributed by atoms with Crippen LogP contribution in [-0.4, -0.2) is 5.97 Å². The van der Waals surface area contributed by atoms with Crippen molar-refractivity contribution in [2.24, 2.45) is 0 Å². The van der Waals surface area contributed by atoms with Gasteiger partial charge in [-0.25, -0.2) is 9.18 Å². The zero-order valence-corrected chi connectivity index (χ0v) is 14.1. The second kappa shape index (κ2) is 8.47. The van der Waals surface area contributed by atoms with E-state index in [1.54, 1.807) is 31.2 Å². The molecule has 0 aliphatic heterocycles. The first-order valence-electron chi connectivity index (χ1n) is 7.70. The molecule has 6 heteroatoms. The molecule has 2 aromatic carbocycles. The van der Waals surface area contributed by atoms with Crippen LogP contribution in [0.15, 0.2) is 66.3 Å². The average molecular weight is 364 g/mol. The molecule has 1 atom stereocenters.